The summed E-state index contributed by atoms with van der Waals surface area (Å²) in [7, 11) is 1.98. The average Bonchev–Trinajstić information content (AvgIpc) is 2.66. The Hall–Kier alpha value is -2.97. The van der Waals surface area contributed by atoms with Gasteiger partial charge in [0.1, 0.15) is 11.9 Å². The molecule has 0 spiro atoms. The zero-order valence-electron chi connectivity index (χ0n) is 15.5. The quantitative estimate of drug-likeness (QED) is 0.761. The van der Waals surface area contributed by atoms with Crippen LogP contribution >= 0.6 is 0 Å². The maximum absolute atomic E-state index is 13.9. The molecule has 2 N–H and O–H groups in total. The summed E-state index contributed by atoms with van der Waals surface area (Å²) in [6, 6.07) is 3.30. The molecule has 2 aromatic heterocycles. The monoisotopic (exact) mass is 390 g/mol. The number of likely N-dealkylation sites (N-methyl/N-ethyl adjacent to an activating group) is 1. The van der Waals surface area contributed by atoms with E-state index < -0.39 is 11.6 Å². The van der Waals surface area contributed by atoms with Crippen LogP contribution in [0.25, 0.3) is 0 Å². The Labute approximate surface area is 160 Å². The van der Waals surface area contributed by atoms with E-state index >= 15 is 0 Å². The number of alkyl halides is 2. The molecule has 0 aromatic carbocycles. The van der Waals surface area contributed by atoms with E-state index in [1.165, 1.54) is 18.5 Å². The summed E-state index contributed by atoms with van der Waals surface area (Å²) >= 11 is 0. The number of nitrogens with zero attached hydrogens (tertiary/aromatic N) is 6. The van der Waals surface area contributed by atoms with E-state index in [4.69, 9.17) is 10.00 Å². The second-order valence-corrected chi connectivity index (χ2v) is 6.54. The normalized spacial score (nSPS) is 17.8. The Morgan fingerprint density at radius 3 is 2.79 bits per heavy atom. The van der Waals surface area contributed by atoms with E-state index in [0.717, 1.165) is 13.5 Å². The molecule has 1 atom stereocenters. The number of nitrogens with one attached hydrogen (secondary N) is 2. The molecule has 2 aromatic rings. The summed E-state index contributed by atoms with van der Waals surface area (Å²) in [5.41, 5.74) is -0.131. The van der Waals surface area contributed by atoms with E-state index in [1.54, 1.807) is 0 Å². The lowest BCUT2D eigenvalue weighted by Crippen LogP contribution is -2.43. The second kappa shape index (κ2) is 8.37. The fourth-order valence-electron chi connectivity index (χ4n) is 2.71. The highest BCUT2D eigenvalue weighted by Crippen LogP contribution is 2.32. The van der Waals surface area contributed by atoms with Gasteiger partial charge in [-0.1, -0.05) is 0 Å². The van der Waals surface area contributed by atoms with Crippen molar-refractivity contribution < 1.29 is 13.5 Å². The zero-order valence-corrected chi connectivity index (χ0v) is 15.5. The molecular weight excluding hydrogens is 370 g/mol. The third-order valence-electron chi connectivity index (χ3n) is 4.09. The Morgan fingerprint density at radius 2 is 2.14 bits per heavy atom. The van der Waals surface area contributed by atoms with Crippen LogP contribution in [0.5, 0.6) is 0 Å². The first-order valence-electron chi connectivity index (χ1n) is 8.64. The number of morpholine rings is 1. The van der Waals surface area contributed by atoms with Crippen LogP contribution in [-0.2, 0) is 10.7 Å². The molecule has 1 fully saturated rings. The van der Waals surface area contributed by atoms with Gasteiger partial charge in [-0.2, -0.15) is 14.0 Å². The average molecular weight is 390 g/mol. The molecule has 3 rings (SSSR count). The molecule has 1 saturated heterocycles. The van der Waals surface area contributed by atoms with Gasteiger partial charge in [0.05, 0.1) is 30.8 Å². The number of hydrogen-bond donors (Lipinski definition) is 2. The van der Waals surface area contributed by atoms with E-state index in [1.807, 2.05) is 13.1 Å². The first-order valence-corrected chi connectivity index (χ1v) is 8.64. The summed E-state index contributed by atoms with van der Waals surface area (Å²) < 4.78 is 33.5. The van der Waals surface area contributed by atoms with Gasteiger partial charge in [-0.05, 0) is 7.05 Å². The standard InChI is InChI=1S/C17H20F2N8O/c1-17(18,19)16-13(22-8-12-10-27(2)3-4-28-12)5-14(25-26-16)24-15-9-21-11(6-20)7-23-15/h5,7,9,12H,3-4,8,10H2,1-2H3,(H2,22,23,24,25)/t12-/m0/s1. The number of halogens is 2. The van der Waals surface area contributed by atoms with Crippen LogP contribution in [0.15, 0.2) is 18.5 Å². The highest BCUT2D eigenvalue weighted by molar-refractivity contribution is 5.60. The number of nitriles is 1. The van der Waals surface area contributed by atoms with Crippen molar-refractivity contribution in [1.29, 1.82) is 5.26 Å². The first kappa shape index (κ1) is 19.8. The molecule has 1 aliphatic rings. The van der Waals surface area contributed by atoms with Crippen LogP contribution in [0, 0.1) is 11.3 Å². The molecule has 3 heterocycles. The van der Waals surface area contributed by atoms with Gasteiger partial charge in [0.2, 0.25) is 0 Å². The molecule has 0 amide bonds. The van der Waals surface area contributed by atoms with Crippen LogP contribution in [0.1, 0.15) is 18.3 Å². The Kier molecular flexibility index (Phi) is 5.91. The predicted molar refractivity (Wildman–Crippen MR) is 97.4 cm³/mol. The van der Waals surface area contributed by atoms with E-state index in [-0.39, 0.29) is 23.3 Å². The molecule has 0 saturated carbocycles. The van der Waals surface area contributed by atoms with Crippen LogP contribution in [0.2, 0.25) is 0 Å². The van der Waals surface area contributed by atoms with Crippen molar-refractivity contribution in [3.63, 3.8) is 0 Å². The van der Waals surface area contributed by atoms with Crippen molar-refractivity contribution >= 4 is 17.3 Å². The molecule has 0 bridgehead atoms. The lowest BCUT2D eigenvalue weighted by atomic mass is 10.2. The fraction of sp³-hybridized carbons (Fsp3) is 0.471. The Morgan fingerprint density at radius 1 is 1.32 bits per heavy atom. The van der Waals surface area contributed by atoms with E-state index in [9.17, 15) is 8.78 Å². The van der Waals surface area contributed by atoms with Gasteiger partial charge < -0.3 is 20.3 Å². The molecule has 0 radical (unpaired) electrons. The molecule has 0 aliphatic carbocycles. The van der Waals surface area contributed by atoms with E-state index in [2.05, 4.69) is 35.7 Å². The molecular formula is C17H20F2N8O. The third-order valence-corrected chi connectivity index (χ3v) is 4.09. The van der Waals surface area contributed by atoms with Gasteiger partial charge in [0.15, 0.2) is 17.2 Å². The van der Waals surface area contributed by atoms with Crippen LogP contribution in [-0.4, -0.2) is 64.5 Å². The summed E-state index contributed by atoms with van der Waals surface area (Å²) in [4.78, 5) is 10.0. The van der Waals surface area contributed by atoms with E-state index in [0.29, 0.717) is 25.5 Å². The predicted octanol–water partition coefficient (Wildman–Crippen LogP) is 1.74. The van der Waals surface area contributed by atoms with Gasteiger partial charge in [-0.25, -0.2) is 9.97 Å². The Balaban J connectivity index is 1.77. The minimum absolute atomic E-state index is 0.119. The molecule has 9 nitrogen and oxygen atoms in total. The van der Waals surface area contributed by atoms with Gasteiger partial charge in [-0.15, -0.1) is 10.2 Å². The van der Waals surface area contributed by atoms with Crippen molar-refractivity contribution in [2.75, 3.05) is 43.9 Å². The second-order valence-electron chi connectivity index (χ2n) is 6.54. The largest absolute Gasteiger partial charge is 0.381 e. The van der Waals surface area contributed by atoms with Gasteiger partial charge in [0, 0.05) is 32.6 Å². The summed E-state index contributed by atoms with van der Waals surface area (Å²) in [5.74, 6) is -2.63. The van der Waals surface area contributed by atoms with Crippen LogP contribution < -0.4 is 10.6 Å². The fourth-order valence-corrected chi connectivity index (χ4v) is 2.71. The summed E-state index contributed by atoms with van der Waals surface area (Å²) in [5, 5.41) is 22.1. The number of anilines is 3. The molecule has 148 valence electrons. The lowest BCUT2D eigenvalue weighted by molar-refractivity contribution is -0.0120. The Bertz CT molecular complexity index is 850. The molecule has 28 heavy (non-hydrogen) atoms. The van der Waals surface area contributed by atoms with Crippen LogP contribution in [0.3, 0.4) is 0 Å². The van der Waals surface area contributed by atoms with Crippen LogP contribution in [0.4, 0.5) is 26.1 Å². The maximum atomic E-state index is 13.9. The maximum Gasteiger partial charge on any atom is 0.290 e. The summed E-state index contributed by atoms with van der Waals surface area (Å²) in [6.07, 6.45) is 2.52. The highest BCUT2D eigenvalue weighted by Gasteiger charge is 2.31. The number of aromatic nitrogens is 4. The van der Waals surface area contributed by atoms with Crippen molar-refractivity contribution in [3.8, 4) is 6.07 Å². The molecule has 11 heteroatoms. The third kappa shape index (κ3) is 5.05. The minimum atomic E-state index is -3.16. The van der Waals surface area contributed by atoms with Crippen molar-refractivity contribution in [2.24, 2.45) is 0 Å². The minimum Gasteiger partial charge on any atom is -0.381 e. The summed E-state index contributed by atoms with van der Waals surface area (Å²) in [6.45, 7) is 3.26. The highest BCUT2D eigenvalue weighted by atomic mass is 19.3. The number of rotatable bonds is 6. The van der Waals surface area contributed by atoms with Crippen molar-refractivity contribution in [3.05, 3.63) is 29.8 Å². The number of ether oxygens (including phenoxy) is 1. The first-order chi connectivity index (χ1) is 13.3. The lowest BCUT2D eigenvalue weighted by Gasteiger charge is -2.30. The SMILES string of the molecule is CN1CCO[C@@H](CNc2cc(Nc3cnc(C#N)cn3)nnc2C(C)(F)F)C1. The molecule has 0 unspecified atom stereocenters. The van der Waals surface area contributed by atoms with Gasteiger partial charge in [-0.3, -0.25) is 0 Å². The molecule has 1 aliphatic heterocycles. The smallest absolute Gasteiger partial charge is 0.290 e. The number of hydrogen-bond acceptors (Lipinski definition) is 9. The van der Waals surface area contributed by atoms with Gasteiger partial charge >= 0.3 is 0 Å². The zero-order chi connectivity index (χ0) is 20.1. The van der Waals surface area contributed by atoms with Crippen molar-refractivity contribution in [2.45, 2.75) is 19.0 Å². The van der Waals surface area contributed by atoms with Gasteiger partial charge in [0.25, 0.3) is 5.92 Å². The van der Waals surface area contributed by atoms with Crippen molar-refractivity contribution in [1.82, 2.24) is 25.1 Å². The topological polar surface area (TPSA) is 112 Å².